The Balaban J connectivity index is 2.48. The molecule has 0 aromatic carbocycles. The minimum Gasteiger partial charge on any atom is -0.320 e. The molecule has 62 valence electrons. The molecule has 0 bridgehead atoms. The average Bonchev–Trinajstić information content (AvgIpc) is 2.34. The summed E-state index contributed by atoms with van der Waals surface area (Å²) in [5.41, 5.74) is 0. The highest BCUT2D eigenvalue weighted by Gasteiger charge is 2.28. The number of amides is 2. The largest absolute Gasteiger partial charge is 0.343 e. The van der Waals surface area contributed by atoms with E-state index in [2.05, 4.69) is 5.29 Å². The second-order valence-electron chi connectivity index (χ2n) is 2.16. The van der Waals surface area contributed by atoms with Crippen LogP contribution in [0.25, 0.3) is 0 Å². The highest BCUT2D eigenvalue weighted by Crippen LogP contribution is 2.07. The number of carbonyl (C=O) groups is 1. The summed E-state index contributed by atoms with van der Waals surface area (Å²) in [5.74, 6) is 0.387. The molecule has 0 aromatic heterocycles. The van der Waals surface area contributed by atoms with Crippen molar-refractivity contribution in [2.45, 2.75) is 0 Å². The molecule has 1 heterocycles. The Morgan fingerprint density at radius 1 is 1.55 bits per heavy atom. The van der Waals surface area contributed by atoms with Crippen molar-refractivity contribution in [3.05, 3.63) is 4.91 Å². The third-order valence-corrected chi connectivity index (χ3v) is 1.70. The first-order valence-electron chi connectivity index (χ1n) is 3.25. The van der Waals surface area contributed by atoms with Crippen molar-refractivity contribution >= 4 is 17.6 Å². The first kappa shape index (κ1) is 8.26. The third kappa shape index (κ3) is 1.59. The van der Waals surface area contributed by atoms with Crippen molar-refractivity contribution in [2.75, 3.05) is 25.5 Å². The molecular formula is C5H8ClN3O2. The van der Waals surface area contributed by atoms with E-state index in [-0.39, 0.29) is 6.03 Å². The summed E-state index contributed by atoms with van der Waals surface area (Å²) in [5, 5.41) is 3.45. The van der Waals surface area contributed by atoms with Crippen molar-refractivity contribution in [3.8, 4) is 0 Å². The molecule has 0 atom stereocenters. The minimum atomic E-state index is -0.347. The zero-order valence-electron chi connectivity index (χ0n) is 5.86. The minimum absolute atomic E-state index is 0.347. The number of nitrogens with zero attached hydrogens (tertiary/aromatic N) is 3. The van der Waals surface area contributed by atoms with Crippen LogP contribution in [0.4, 0.5) is 4.79 Å². The van der Waals surface area contributed by atoms with Crippen LogP contribution < -0.4 is 0 Å². The Kier molecular flexibility index (Phi) is 2.64. The monoisotopic (exact) mass is 177 g/mol. The van der Waals surface area contributed by atoms with Gasteiger partial charge in [0.15, 0.2) is 0 Å². The summed E-state index contributed by atoms with van der Waals surface area (Å²) in [6.45, 7) is 1.39. The second-order valence-corrected chi connectivity index (χ2v) is 2.54. The van der Waals surface area contributed by atoms with E-state index in [9.17, 15) is 9.70 Å². The number of alkyl halides is 1. The zero-order chi connectivity index (χ0) is 8.27. The molecule has 0 spiro atoms. The molecule has 6 heteroatoms. The lowest BCUT2D eigenvalue weighted by atomic mass is 10.6. The Hall–Kier alpha value is -0.840. The number of carbonyl (C=O) groups excluding carboxylic acids is 1. The Bertz CT molecular complexity index is 175. The van der Waals surface area contributed by atoms with Gasteiger partial charge in [-0.3, -0.25) is 0 Å². The van der Waals surface area contributed by atoms with Crippen molar-refractivity contribution in [2.24, 2.45) is 5.29 Å². The summed E-state index contributed by atoms with van der Waals surface area (Å²) < 4.78 is 0. The van der Waals surface area contributed by atoms with Gasteiger partial charge in [-0.05, 0) is 0 Å². The van der Waals surface area contributed by atoms with E-state index < -0.39 is 0 Å². The van der Waals surface area contributed by atoms with E-state index in [0.29, 0.717) is 25.5 Å². The summed E-state index contributed by atoms with van der Waals surface area (Å²) in [6, 6.07) is -0.347. The fourth-order valence-electron chi connectivity index (χ4n) is 0.955. The highest BCUT2D eigenvalue weighted by atomic mass is 35.5. The van der Waals surface area contributed by atoms with Crippen LogP contribution in [-0.2, 0) is 0 Å². The zero-order valence-corrected chi connectivity index (χ0v) is 6.62. The van der Waals surface area contributed by atoms with Crippen LogP contribution in [-0.4, -0.2) is 41.5 Å². The van der Waals surface area contributed by atoms with Crippen LogP contribution in [0.5, 0.6) is 0 Å². The van der Waals surface area contributed by atoms with Gasteiger partial charge in [0, 0.05) is 19.0 Å². The van der Waals surface area contributed by atoms with Crippen molar-refractivity contribution in [1.82, 2.24) is 9.91 Å². The number of hydrogen-bond acceptors (Lipinski definition) is 3. The topological polar surface area (TPSA) is 53.0 Å². The van der Waals surface area contributed by atoms with Gasteiger partial charge in [0.25, 0.3) is 0 Å². The number of halogens is 1. The van der Waals surface area contributed by atoms with Crippen molar-refractivity contribution in [1.29, 1.82) is 0 Å². The second kappa shape index (κ2) is 3.52. The van der Waals surface area contributed by atoms with Gasteiger partial charge in [0.05, 0.1) is 11.8 Å². The lowest BCUT2D eigenvalue weighted by Crippen LogP contribution is -2.30. The standard InChI is InChI=1S/C5H8ClN3O2/c6-1-2-8-3-4-9(7-11)5(8)10/h1-4H2. The third-order valence-electron chi connectivity index (χ3n) is 1.53. The van der Waals surface area contributed by atoms with E-state index in [0.717, 1.165) is 5.01 Å². The van der Waals surface area contributed by atoms with Gasteiger partial charge in [-0.15, -0.1) is 16.5 Å². The molecule has 1 rings (SSSR count). The van der Waals surface area contributed by atoms with Crippen LogP contribution in [0, 0.1) is 4.91 Å². The normalized spacial score (nSPS) is 17.7. The van der Waals surface area contributed by atoms with E-state index in [1.807, 2.05) is 0 Å². The average molecular weight is 178 g/mol. The molecule has 1 aliphatic rings. The van der Waals surface area contributed by atoms with Crippen molar-refractivity contribution < 1.29 is 4.79 Å². The molecule has 0 aromatic rings. The van der Waals surface area contributed by atoms with Crippen LogP contribution in [0.15, 0.2) is 5.29 Å². The fourth-order valence-corrected chi connectivity index (χ4v) is 1.16. The predicted molar refractivity (Wildman–Crippen MR) is 40.2 cm³/mol. The molecule has 1 saturated heterocycles. The molecule has 1 fully saturated rings. The summed E-state index contributed by atoms with van der Waals surface area (Å²) in [7, 11) is 0. The molecule has 0 unspecified atom stereocenters. The molecule has 11 heavy (non-hydrogen) atoms. The molecule has 2 amide bonds. The van der Waals surface area contributed by atoms with Gasteiger partial charge in [0.2, 0.25) is 0 Å². The van der Waals surface area contributed by atoms with Gasteiger partial charge in [-0.2, -0.15) is 5.01 Å². The maximum atomic E-state index is 11.0. The smallest absolute Gasteiger partial charge is 0.320 e. The summed E-state index contributed by atoms with van der Waals surface area (Å²) in [4.78, 5) is 22.5. The van der Waals surface area contributed by atoms with E-state index >= 15 is 0 Å². The molecule has 1 aliphatic heterocycles. The Morgan fingerprint density at radius 2 is 2.27 bits per heavy atom. The molecule has 0 radical (unpaired) electrons. The van der Waals surface area contributed by atoms with Gasteiger partial charge in [-0.1, -0.05) is 0 Å². The van der Waals surface area contributed by atoms with Gasteiger partial charge in [0.1, 0.15) is 0 Å². The quantitative estimate of drug-likeness (QED) is 0.469. The van der Waals surface area contributed by atoms with Crippen LogP contribution >= 0.6 is 11.6 Å². The Morgan fingerprint density at radius 3 is 2.73 bits per heavy atom. The number of hydrogen-bond donors (Lipinski definition) is 0. The Labute approximate surface area is 68.8 Å². The number of rotatable bonds is 3. The molecule has 0 saturated carbocycles. The number of nitroso groups, excluding NO2 is 1. The van der Waals surface area contributed by atoms with Gasteiger partial charge in [-0.25, -0.2) is 4.79 Å². The maximum Gasteiger partial charge on any atom is 0.343 e. The molecule has 5 nitrogen and oxygen atoms in total. The molecule has 0 aliphatic carbocycles. The maximum absolute atomic E-state index is 11.0. The van der Waals surface area contributed by atoms with E-state index in [1.54, 1.807) is 0 Å². The van der Waals surface area contributed by atoms with Gasteiger partial charge < -0.3 is 4.90 Å². The number of urea groups is 1. The molecular weight excluding hydrogens is 170 g/mol. The first-order chi connectivity index (χ1) is 5.29. The van der Waals surface area contributed by atoms with Crippen LogP contribution in [0.3, 0.4) is 0 Å². The first-order valence-corrected chi connectivity index (χ1v) is 3.78. The lowest BCUT2D eigenvalue weighted by Gasteiger charge is -2.11. The highest BCUT2D eigenvalue weighted by molar-refractivity contribution is 6.18. The van der Waals surface area contributed by atoms with Gasteiger partial charge >= 0.3 is 6.03 Å². The predicted octanol–water partition coefficient (Wildman–Crippen LogP) is 0.644. The SMILES string of the molecule is O=NN1CCN(CCCl)C1=O. The summed E-state index contributed by atoms with van der Waals surface area (Å²) >= 11 is 5.42. The summed E-state index contributed by atoms with van der Waals surface area (Å²) in [6.07, 6.45) is 0. The van der Waals surface area contributed by atoms with Crippen molar-refractivity contribution in [3.63, 3.8) is 0 Å². The fraction of sp³-hybridized carbons (Fsp3) is 0.800. The van der Waals surface area contributed by atoms with E-state index in [1.165, 1.54) is 4.90 Å². The lowest BCUT2D eigenvalue weighted by molar-refractivity contribution is 0.195. The van der Waals surface area contributed by atoms with Crippen LogP contribution in [0.2, 0.25) is 0 Å². The molecule has 0 N–H and O–H groups in total. The van der Waals surface area contributed by atoms with E-state index in [4.69, 9.17) is 11.6 Å². The van der Waals surface area contributed by atoms with Crippen LogP contribution in [0.1, 0.15) is 0 Å².